The normalized spacial score (nSPS) is 10.2. The van der Waals surface area contributed by atoms with Gasteiger partial charge in [0.05, 0.1) is 11.5 Å². The monoisotopic (exact) mass is 364 g/mol. The highest BCUT2D eigenvalue weighted by atomic mass is 35.5. The van der Waals surface area contributed by atoms with Crippen LogP contribution < -0.4 is 14.8 Å². The number of hydrogen-bond donors (Lipinski definition) is 1. The molecule has 0 aliphatic heterocycles. The van der Waals surface area contributed by atoms with Crippen molar-refractivity contribution in [3.05, 3.63) is 57.6 Å². The molecule has 0 aromatic heterocycles. The number of hydrogen-bond acceptors (Lipinski definition) is 5. The number of carbonyl (C=O) groups excluding carboxylic acids is 1. The highest BCUT2D eigenvalue weighted by Crippen LogP contribution is 2.28. The van der Waals surface area contributed by atoms with Gasteiger partial charge >= 0.3 is 0 Å². The summed E-state index contributed by atoms with van der Waals surface area (Å²) < 4.78 is 11.0. The Labute approximate surface area is 149 Å². The van der Waals surface area contributed by atoms with Crippen LogP contribution in [0.5, 0.6) is 11.5 Å². The maximum absolute atomic E-state index is 12.0. The number of para-hydroxylation sites is 2. The molecule has 0 aliphatic carbocycles. The van der Waals surface area contributed by atoms with Crippen LogP contribution in [-0.4, -0.2) is 24.0 Å². The number of nitrogens with one attached hydrogen (secondary N) is 1. The van der Waals surface area contributed by atoms with Gasteiger partial charge in [-0.25, -0.2) is 0 Å². The van der Waals surface area contributed by atoms with Gasteiger partial charge in [0.1, 0.15) is 5.02 Å². The molecule has 1 amide bonds. The highest BCUT2D eigenvalue weighted by molar-refractivity contribution is 6.32. The molecule has 132 valence electrons. The van der Waals surface area contributed by atoms with Gasteiger partial charge in [0, 0.05) is 11.8 Å². The third-order valence-corrected chi connectivity index (χ3v) is 3.42. The number of anilines is 1. The van der Waals surface area contributed by atoms with Crippen molar-refractivity contribution >= 4 is 28.9 Å². The van der Waals surface area contributed by atoms with E-state index in [1.807, 2.05) is 13.0 Å². The van der Waals surface area contributed by atoms with Crippen LogP contribution in [0.3, 0.4) is 0 Å². The summed E-state index contributed by atoms with van der Waals surface area (Å²) in [6.07, 6.45) is 0.851. The van der Waals surface area contributed by atoms with Crippen LogP contribution in [0.1, 0.15) is 13.3 Å². The summed E-state index contributed by atoms with van der Waals surface area (Å²) in [5.41, 5.74) is -0.0149. The number of nitro benzene ring substituents is 1. The summed E-state index contributed by atoms with van der Waals surface area (Å²) >= 11 is 5.74. The molecule has 0 atom stereocenters. The molecular formula is C17H17ClN2O5. The van der Waals surface area contributed by atoms with Crippen LogP contribution >= 0.6 is 11.6 Å². The molecule has 7 nitrogen and oxygen atoms in total. The number of amides is 1. The number of carbonyl (C=O) groups is 1. The molecule has 0 fully saturated rings. The van der Waals surface area contributed by atoms with Gasteiger partial charge in [0.25, 0.3) is 11.6 Å². The van der Waals surface area contributed by atoms with Crippen molar-refractivity contribution in [2.45, 2.75) is 13.3 Å². The van der Waals surface area contributed by atoms with E-state index >= 15 is 0 Å². The Morgan fingerprint density at radius 3 is 2.52 bits per heavy atom. The molecule has 0 saturated carbocycles. The van der Waals surface area contributed by atoms with Gasteiger partial charge in [-0.05, 0) is 30.7 Å². The lowest BCUT2D eigenvalue weighted by Crippen LogP contribution is -2.20. The third-order valence-electron chi connectivity index (χ3n) is 3.10. The van der Waals surface area contributed by atoms with Gasteiger partial charge in [0.15, 0.2) is 18.1 Å². The fourth-order valence-corrected chi connectivity index (χ4v) is 2.16. The zero-order valence-corrected chi connectivity index (χ0v) is 14.3. The van der Waals surface area contributed by atoms with Crippen LogP contribution in [0.2, 0.25) is 5.02 Å². The van der Waals surface area contributed by atoms with Crippen molar-refractivity contribution in [3.63, 3.8) is 0 Å². The Hall–Kier alpha value is -2.80. The second-order valence-corrected chi connectivity index (χ2v) is 5.46. The Bertz CT molecular complexity index is 766. The summed E-state index contributed by atoms with van der Waals surface area (Å²) in [7, 11) is 0. The Morgan fingerprint density at radius 2 is 1.88 bits per heavy atom. The first-order chi connectivity index (χ1) is 12.0. The van der Waals surface area contributed by atoms with E-state index < -0.39 is 10.8 Å². The minimum atomic E-state index is -0.615. The Kier molecular flexibility index (Phi) is 6.59. The molecule has 0 spiro atoms. The number of nitrogens with zero attached hydrogens (tertiary/aromatic N) is 1. The molecule has 0 bridgehead atoms. The van der Waals surface area contributed by atoms with E-state index in [2.05, 4.69) is 5.32 Å². The molecular weight excluding hydrogens is 348 g/mol. The zero-order chi connectivity index (χ0) is 18.2. The molecule has 1 N–H and O–H groups in total. The van der Waals surface area contributed by atoms with Crippen molar-refractivity contribution in [1.29, 1.82) is 0 Å². The van der Waals surface area contributed by atoms with Crippen LogP contribution in [-0.2, 0) is 4.79 Å². The van der Waals surface area contributed by atoms with E-state index in [-0.39, 0.29) is 23.0 Å². The highest BCUT2D eigenvalue weighted by Gasteiger charge is 2.14. The second kappa shape index (κ2) is 8.89. The molecule has 0 radical (unpaired) electrons. The van der Waals surface area contributed by atoms with Gasteiger partial charge in [-0.15, -0.1) is 0 Å². The summed E-state index contributed by atoms with van der Waals surface area (Å²) in [4.78, 5) is 22.2. The molecule has 0 unspecified atom stereocenters. The summed E-state index contributed by atoms with van der Waals surface area (Å²) in [5, 5.41) is 13.4. The molecule has 2 aromatic carbocycles. The van der Waals surface area contributed by atoms with E-state index in [1.165, 1.54) is 18.2 Å². The first kappa shape index (κ1) is 18.5. The fourth-order valence-electron chi connectivity index (χ4n) is 1.97. The quantitative estimate of drug-likeness (QED) is 0.563. The lowest BCUT2D eigenvalue weighted by molar-refractivity contribution is -0.384. The van der Waals surface area contributed by atoms with Crippen LogP contribution in [0.15, 0.2) is 42.5 Å². The first-order valence-corrected chi connectivity index (χ1v) is 7.97. The SMILES string of the molecule is CCCOc1ccccc1OCC(=O)Nc1ccc(Cl)c([N+](=O)[O-])c1. The second-order valence-electron chi connectivity index (χ2n) is 5.06. The smallest absolute Gasteiger partial charge is 0.289 e. The minimum Gasteiger partial charge on any atom is -0.490 e. The van der Waals surface area contributed by atoms with Crippen molar-refractivity contribution < 1.29 is 19.2 Å². The summed E-state index contributed by atoms with van der Waals surface area (Å²) in [6.45, 7) is 2.27. The lowest BCUT2D eigenvalue weighted by Gasteiger charge is -2.12. The van der Waals surface area contributed by atoms with Crippen molar-refractivity contribution in [2.75, 3.05) is 18.5 Å². The number of ether oxygens (including phenoxy) is 2. The predicted molar refractivity (Wildman–Crippen MR) is 94.5 cm³/mol. The van der Waals surface area contributed by atoms with Crippen LogP contribution in [0, 0.1) is 10.1 Å². The maximum atomic E-state index is 12.0. The first-order valence-electron chi connectivity index (χ1n) is 7.59. The molecule has 25 heavy (non-hydrogen) atoms. The van der Waals surface area contributed by atoms with Gasteiger partial charge in [-0.3, -0.25) is 14.9 Å². The number of rotatable bonds is 8. The van der Waals surface area contributed by atoms with E-state index in [0.717, 1.165) is 6.42 Å². The van der Waals surface area contributed by atoms with E-state index in [4.69, 9.17) is 21.1 Å². The largest absolute Gasteiger partial charge is 0.490 e. The fraction of sp³-hybridized carbons (Fsp3) is 0.235. The standard InChI is InChI=1S/C17H17ClN2O5/c1-2-9-24-15-5-3-4-6-16(15)25-11-17(21)19-12-7-8-13(18)14(10-12)20(22)23/h3-8,10H,2,9,11H2,1H3,(H,19,21). The average molecular weight is 365 g/mol. The number of nitro groups is 1. The molecule has 2 aromatic rings. The Balaban J connectivity index is 1.98. The van der Waals surface area contributed by atoms with Crippen molar-refractivity contribution in [3.8, 4) is 11.5 Å². The molecule has 0 heterocycles. The molecule has 0 aliphatic rings. The van der Waals surface area contributed by atoms with Crippen molar-refractivity contribution in [2.24, 2.45) is 0 Å². The topological polar surface area (TPSA) is 90.7 Å². The molecule has 2 rings (SSSR count). The van der Waals surface area contributed by atoms with E-state index in [9.17, 15) is 14.9 Å². The van der Waals surface area contributed by atoms with Crippen LogP contribution in [0.4, 0.5) is 11.4 Å². The zero-order valence-electron chi connectivity index (χ0n) is 13.5. The summed E-state index contributed by atoms with van der Waals surface area (Å²) in [5.74, 6) is 0.550. The minimum absolute atomic E-state index is 0.00116. The molecule has 0 saturated heterocycles. The van der Waals surface area contributed by atoms with E-state index in [1.54, 1.807) is 18.2 Å². The predicted octanol–water partition coefficient (Wildman–Crippen LogP) is 4.05. The van der Waals surface area contributed by atoms with Gasteiger partial charge in [-0.1, -0.05) is 30.7 Å². The van der Waals surface area contributed by atoms with E-state index in [0.29, 0.717) is 18.1 Å². The lowest BCUT2D eigenvalue weighted by atomic mass is 10.3. The number of halogens is 1. The van der Waals surface area contributed by atoms with Gasteiger partial charge in [-0.2, -0.15) is 0 Å². The maximum Gasteiger partial charge on any atom is 0.289 e. The third kappa shape index (κ3) is 5.36. The number of benzene rings is 2. The molecule has 8 heteroatoms. The summed E-state index contributed by atoms with van der Waals surface area (Å²) in [6, 6.07) is 11.1. The van der Waals surface area contributed by atoms with Crippen LogP contribution in [0.25, 0.3) is 0 Å². The van der Waals surface area contributed by atoms with Crippen molar-refractivity contribution in [1.82, 2.24) is 0 Å². The Morgan fingerprint density at radius 1 is 1.20 bits per heavy atom. The average Bonchev–Trinajstić information content (AvgIpc) is 2.60. The van der Waals surface area contributed by atoms with Gasteiger partial charge < -0.3 is 14.8 Å². The van der Waals surface area contributed by atoms with Gasteiger partial charge in [0.2, 0.25) is 0 Å².